The molecule has 0 bridgehead atoms. The molecule has 0 aliphatic heterocycles. The van der Waals surface area contributed by atoms with Crippen molar-refractivity contribution >= 4 is 12.6 Å². The van der Waals surface area contributed by atoms with Gasteiger partial charge in [0.15, 0.2) is 0 Å². The van der Waals surface area contributed by atoms with Crippen molar-refractivity contribution in [2.24, 2.45) is 0 Å². The van der Waals surface area contributed by atoms with Gasteiger partial charge in [-0.2, -0.15) is 12.6 Å². The Hall–Kier alpha value is -2.98. The second kappa shape index (κ2) is 8.14. The van der Waals surface area contributed by atoms with Gasteiger partial charge in [0, 0.05) is 12.4 Å². The van der Waals surface area contributed by atoms with Crippen LogP contribution in [0.4, 0.5) is 0 Å². The Bertz CT molecular complexity index is 959. The lowest BCUT2D eigenvalue weighted by Gasteiger charge is -2.10. The molecule has 0 amide bonds. The van der Waals surface area contributed by atoms with E-state index in [4.69, 9.17) is 4.98 Å². The molecule has 1 aromatic carbocycles. The van der Waals surface area contributed by atoms with Gasteiger partial charge in [0.25, 0.3) is 0 Å². The summed E-state index contributed by atoms with van der Waals surface area (Å²) in [5, 5.41) is 0. The normalized spacial score (nSPS) is 10.7. The second-order valence-corrected chi connectivity index (χ2v) is 6.67. The van der Waals surface area contributed by atoms with E-state index in [2.05, 4.69) is 59.0 Å². The van der Waals surface area contributed by atoms with Crippen molar-refractivity contribution in [1.29, 1.82) is 0 Å². The molecule has 0 spiro atoms. The molecule has 3 heterocycles. The summed E-state index contributed by atoms with van der Waals surface area (Å²) in [7, 11) is 0. The fraction of sp³-hybridized carbons (Fsp3) is 0.0870. The highest BCUT2D eigenvalue weighted by molar-refractivity contribution is 7.80. The molecular formula is C23H19N3S. The predicted molar refractivity (Wildman–Crippen MR) is 114 cm³/mol. The van der Waals surface area contributed by atoms with E-state index in [1.54, 1.807) is 12.4 Å². The van der Waals surface area contributed by atoms with Gasteiger partial charge >= 0.3 is 0 Å². The zero-order valence-corrected chi connectivity index (χ0v) is 15.7. The average Bonchev–Trinajstić information content (AvgIpc) is 2.75. The molecule has 0 saturated carbocycles. The molecule has 0 aliphatic carbocycles. The lowest BCUT2D eigenvalue weighted by Crippen LogP contribution is -1.94. The molecule has 3 aromatic heterocycles. The van der Waals surface area contributed by atoms with Crippen LogP contribution in [0.15, 0.2) is 85.2 Å². The number of aryl methyl sites for hydroxylation is 1. The van der Waals surface area contributed by atoms with Crippen LogP contribution in [0.25, 0.3) is 33.9 Å². The molecule has 4 rings (SSSR count). The van der Waals surface area contributed by atoms with Crippen LogP contribution in [0.2, 0.25) is 0 Å². The van der Waals surface area contributed by atoms with E-state index in [1.807, 2.05) is 36.4 Å². The highest BCUT2D eigenvalue weighted by Crippen LogP contribution is 2.29. The molecule has 132 valence electrons. The number of benzene rings is 1. The van der Waals surface area contributed by atoms with Crippen molar-refractivity contribution in [2.75, 3.05) is 5.75 Å². The van der Waals surface area contributed by atoms with Gasteiger partial charge in [0.05, 0.1) is 22.8 Å². The first-order chi connectivity index (χ1) is 13.3. The summed E-state index contributed by atoms with van der Waals surface area (Å²) in [6, 6.07) is 24.5. The monoisotopic (exact) mass is 369 g/mol. The molecule has 0 unspecified atom stereocenters. The summed E-state index contributed by atoms with van der Waals surface area (Å²) in [5.74, 6) is 0.849. The van der Waals surface area contributed by atoms with Gasteiger partial charge < -0.3 is 0 Å². The quantitative estimate of drug-likeness (QED) is 0.482. The molecule has 0 atom stereocenters. The summed E-state index contributed by atoms with van der Waals surface area (Å²) in [6.07, 6.45) is 4.55. The van der Waals surface area contributed by atoms with Crippen molar-refractivity contribution in [2.45, 2.75) is 6.42 Å². The summed E-state index contributed by atoms with van der Waals surface area (Å²) >= 11 is 4.31. The van der Waals surface area contributed by atoms with E-state index in [1.165, 1.54) is 5.56 Å². The summed E-state index contributed by atoms with van der Waals surface area (Å²) < 4.78 is 0. The van der Waals surface area contributed by atoms with Crippen LogP contribution in [0.3, 0.4) is 0 Å². The molecule has 0 fully saturated rings. The highest BCUT2D eigenvalue weighted by Gasteiger charge is 2.10. The van der Waals surface area contributed by atoms with E-state index in [0.29, 0.717) is 0 Å². The van der Waals surface area contributed by atoms with E-state index in [9.17, 15) is 0 Å². The van der Waals surface area contributed by atoms with E-state index in [-0.39, 0.29) is 0 Å². The van der Waals surface area contributed by atoms with Crippen molar-refractivity contribution in [1.82, 2.24) is 15.0 Å². The average molecular weight is 369 g/mol. The van der Waals surface area contributed by atoms with E-state index in [0.717, 1.165) is 46.1 Å². The summed E-state index contributed by atoms with van der Waals surface area (Å²) in [5.41, 5.74) is 6.92. The number of hydrogen-bond acceptors (Lipinski definition) is 4. The maximum Gasteiger partial charge on any atom is 0.0900 e. The van der Waals surface area contributed by atoms with Gasteiger partial charge in [-0.1, -0.05) is 36.4 Å². The smallest absolute Gasteiger partial charge is 0.0900 e. The Balaban J connectivity index is 1.83. The first-order valence-electron chi connectivity index (χ1n) is 8.88. The minimum atomic E-state index is 0.841. The van der Waals surface area contributed by atoms with Crippen LogP contribution >= 0.6 is 12.6 Å². The topological polar surface area (TPSA) is 38.7 Å². The number of nitrogens with zero attached hydrogens (tertiary/aromatic N) is 3. The third-order valence-corrected chi connectivity index (χ3v) is 4.59. The zero-order valence-electron chi connectivity index (χ0n) is 14.8. The molecular weight excluding hydrogens is 350 g/mol. The van der Waals surface area contributed by atoms with Crippen molar-refractivity contribution in [3.8, 4) is 33.9 Å². The Labute approximate surface area is 164 Å². The van der Waals surface area contributed by atoms with E-state index < -0.39 is 0 Å². The summed E-state index contributed by atoms with van der Waals surface area (Å²) in [4.78, 5) is 13.7. The Morgan fingerprint density at radius 1 is 0.630 bits per heavy atom. The lowest BCUT2D eigenvalue weighted by atomic mass is 10.0. The molecule has 4 aromatic rings. The molecule has 27 heavy (non-hydrogen) atoms. The minimum Gasteiger partial charge on any atom is -0.255 e. The maximum atomic E-state index is 4.81. The third kappa shape index (κ3) is 4.07. The van der Waals surface area contributed by atoms with Crippen molar-refractivity contribution in [3.63, 3.8) is 0 Å². The van der Waals surface area contributed by atoms with Gasteiger partial charge in [-0.15, -0.1) is 0 Å². The zero-order chi connectivity index (χ0) is 18.5. The predicted octanol–water partition coefficient (Wildman–Crippen LogP) is 5.34. The number of rotatable bonds is 5. The van der Waals surface area contributed by atoms with Gasteiger partial charge in [0.2, 0.25) is 0 Å². The molecule has 3 nitrogen and oxygen atoms in total. The van der Waals surface area contributed by atoms with Crippen LogP contribution in [0.1, 0.15) is 5.56 Å². The number of thiol groups is 1. The largest absolute Gasteiger partial charge is 0.255 e. The van der Waals surface area contributed by atoms with Crippen LogP contribution in [-0.2, 0) is 6.42 Å². The van der Waals surface area contributed by atoms with Crippen LogP contribution in [-0.4, -0.2) is 20.7 Å². The summed E-state index contributed by atoms with van der Waals surface area (Å²) in [6.45, 7) is 0. The first-order valence-corrected chi connectivity index (χ1v) is 9.52. The lowest BCUT2D eigenvalue weighted by molar-refractivity contribution is 1.16. The fourth-order valence-corrected chi connectivity index (χ4v) is 3.24. The first kappa shape index (κ1) is 17.4. The highest BCUT2D eigenvalue weighted by atomic mass is 32.1. The third-order valence-electron chi connectivity index (χ3n) is 4.37. The second-order valence-electron chi connectivity index (χ2n) is 6.23. The standard InChI is InChI=1S/C23H19N3S/c27-14-11-17-7-9-18(10-8-17)19-15-22(20-5-1-3-12-24-20)26-23(16-19)21-6-2-4-13-25-21/h1-10,12-13,15-16,27H,11,14H2. The SMILES string of the molecule is SCCc1ccc(-c2cc(-c3ccccn3)nc(-c3ccccn3)c2)cc1. The van der Waals surface area contributed by atoms with Gasteiger partial charge in [-0.25, -0.2) is 4.98 Å². The Morgan fingerprint density at radius 2 is 1.22 bits per heavy atom. The van der Waals surface area contributed by atoms with E-state index >= 15 is 0 Å². The number of pyridine rings is 3. The molecule has 0 aliphatic rings. The Morgan fingerprint density at radius 3 is 1.70 bits per heavy atom. The minimum absolute atomic E-state index is 0.841. The van der Waals surface area contributed by atoms with Crippen LogP contribution in [0.5, 0.6) is 0 Å². The van der Waals surface area contributed by atoms with Crippen LogP contribution < -0.4 is 0 Å². The van der Waals surface area contributed by atoms with Gasteiger partial charge in [-0.05, 0) is 65.3 Å². The van der Waals surface area contributed by atoms with Crippen molar-refractivity contribution < 1.29 is 0 Å². The molecule has 0 radical (unpaired) electrons. The maximum absolute atomic E-state index is 4.81. The van der Waals surface area contributed by atoms with Crippen LogP contribution in [0, 0.1) is 0 Å². The van der Waals surface area contributed by atoms with Gasteiger partial charge in [0.1, 0.15) is 0 Å². The number of aromatic nitrogens is 3. The molecule has 0 saturated heterocycles. The molecule has 4 heteroatoms. The Kier molecular flexibility index (Phi) is 5.26. The molecule has 0 N–H and O–H groups in total. The number of hydrogen-bond donors (Lipinski definition) is 1. The van der Waals surface area contributed by atoms with Crippen molar-refractivity contribution in [3.05, 3.63) is 90.8 Å². The fourth-order valence-electron chi connectivity index (χ4n) is 2.98. The van der Waals surface area contributed by atoms with Gasteiger partial charge in [-0.3, -0.25) is 9.97 Å².